The van der Waals surface area contributed by atoms with E-state index in [0.717, 1.165) is 11.4 Å². The van der Waals surface area contributed by atoms with Crippen LogP contribution in [0.15, 0.2) is 212 Å². The van der Waals surface area contributed by atoms with Crippen molar-refractivity contribution in [3.05, 3.63) is 235 Å². The third kappa shape index (κ3) is 4.92. The molecule has 11 rings (SSSR count). The van der Waals surface area contributed by atoms with Gasteiger partial charge in [-0.05, 0) is 97.7 Å². The summed E-state index contributed by atoms with van der Waals surface area (Å²) in [6, 6.07) is 78.3. The molecule has 0 bridgehead atoms. The molecule has 55 heavy (non-hydrogen) atoms. The lowest BCUT2D eigenvalue weighted by Crippen LogP contribution is -2.28. The minimum Gasteiger partial charge on any atom is -0.309 e. The summed E-state index contributed by atoms with van der Waals surface area (Å²) in [7, 11) is 0. The molecule has 0 fully saturated rings. The highest BCUT2D eigenvalue weighted by molar-refractivity contribution is 7.26. The van der Waals surface area contributed by atoms with Crippen molar-refractivity contribution >= 4 is 59.3 Å². The van der Waals surface area contributed by atoms with Crippen molar-refractivity contribution in [2.75, 3.05) is 4.90 Å². The topological polar surface area (TPSA) is 3.24 Å². The van der Waals surface area contributed by atoms with Crippen LogP contribution in [0.2, 0.25) is 0 Å². The van der Waals surface area contributed by atoms with E-state index in [4.69, 9.17) is 0 Å². The van der Waals surface area contributed by atoms with E-state index in [9.17, 15) is 0 Å². The zero-order valence-corrected chi connectivity index (χ0v) is 30.9. The number of fused-ring (bicyclic) bond motifs is 7. The molecule has 258 valence electrons. The van der Waals surface area contributed by atoms with Gasteiger partial charge in [-0.2, -0.15) is 0 Å². The van der Waals surface area contributed by atoms with Crippen molar-refractivity contribution in [3.8, 4) is 22.3 Å². The van der Waals surface area contributed by atoms with Gasteiger partial charge in [-0.15, -0.1) is 11.3 Å². The van der Waals surface area contributed by atoms with E-state index in [1.165, 1.54) is 81.1 Å². The number of hydrogen-bond donors (Lipinski definition) is 0. The van der Waals surface area contributed by atoms with Crippen LogP contribution in [0.3, 0.4) is 0 Å². The fourth-order valence-corrected chi connectivity index (χ4v) is 10.3. The Labute approximate surface area is 325 Å². The third-order valence-electron chi connectivity index (χ3n) is 11.5. The van der Waals surface area contributed by atoms with Crippen molar-refractivity contribution < 1.29 is 0 Å². The van der Waals surface area contributed by atoms with E-state index in [-0.39, 0.29) is 0 Å². The van der Waals surface area contributed by atoms with E-state index in [2.05, 4.69) is 217 Å². The summed E-state index contributed by atoms with van der Waals surface area (Å²) < 4.78 is 2.58. The number of thiophene rings is 1. The van der Waals surface area contributed by atoms with Crippen molar-refractivity contribution in [2.24, 2.45) is 0 Å². The predicted octanol–water partition coefficient (Wildman–Crippen LogP) is 14.7. The second-order valence-electron chi connectivity index (χ2n) is 14.5. The van der Waals surface area contributed by atoms with Crippen molar-refractivity contribution in [1.82, 2.24) is 0 Å². The minimum absolute atomic E-state index is 0.489. The first kappa shape index (κ1) is 31.8. The van der Waals surface area contributed by atoms with E-state index in [1.54, 1.807) is 0 Å². The van der Waals surface area contributed by atoms with Crippen LogP contribution in [0.25, 0.3) is 53.2 Å². The quantitative estimate of drug-likeness (QED) is 0.166. The molecule has 2 heteroatoms. The van der Waals surface area contributed by atoms with Gasteiger partial charge in [-0.25, -0.2) is 0 Å². The van der Waals surface area contributed by atoms with E-state index in [1.807, 2.05) is 11.3 Å². The Morgan fingerprint density at radius 2 is 0.964 bits per heavy atom. The van der Waals surface area contributed by atoms with Gasteiger partial charge in [0.15, 0.2) is 0 Å². The van der Waals surface area contributed by atoms with Gasteiger partial charge < -0.3 is 4.90 Å². The maximum atomic E-state index is 2.47. The molecule has 1 heterocycles. The van der Waals surface area contributed by atoms with E-state index in [0.29, 0.717) is 0 Å². The highest BCUT2D eigenvalue weighted by atomic mass is 32.1. The second-order valence-corrected chi connectivity index (χ2v) is 15.5. The number of nitrogens with zero attached hydrogens (tertiary/aromatic N) is 1. The molecular formula is C53H35NS. The Kier molecular flexibility index (Phi) is 7.33. The molecule has 0 spiro atoms. The van der Waals surface area contributed by atoms with Gasteiger partial charge in [-0.3, -0.25) is 0 Å². The van der Waals surface area contributed by atoms with Crippen LogP contribution in [-0.4, -0.2) is 0 Å². The molecule has 0 unspecified atom stereocenters. The third-order valence-corrected chi connectivity index (χ3v) is 12.7. The standard InChI is InChI=1S/C53H35NS/c1-3-15-36(16-4-1)37-29-31-42(32-30-37)54(50-28-14-25-46-47-33-38-17-7-8-18-39(38)34-51(47)55-52(46)50)43-22-13-21-41(35-43)53(40-19-5-2-6-20-40)48-26-11-9-23-44(48)45-24-10-12-27-49(45)53/h1-35H. The molecule has 10 aromatic rings. The summed E-state index contributed by atoms with van der Waals surface area (Å²) in [4.78, 5) is 2.47. The van der Waals surface area contributed by atoms with E-state index < -0.39 is 5.41 Å². The maximum absolute atomic E-state index is 2.47. The van der Waals surface area contributed by atoms with Crippen LogP contribution in [0.4, 0.5) is 17.1 Å². The Morgan fingerprint density at radius 1 is 0.382 bits per heavy atom. The molecule has 0 aliphatic heterocycles. The lowest BCUT2D eigenvalue weighted by atomic mass is 9.67. The average Bonchev–Trinajstić information content (AvgIpc) is 3.78. The molecule has 1 nitrogen and oxygen atoms in total. The molecule has 9 aromatic carbocycles. The maximum Gasteiger partial charge on any atom is 0.0714 e. The summed E-state index contributed by atoms with van der Waals surface area (Å²) in [6.07, 6.45) is 0. The average molecular weight is 718 g/mol. The smallest absolute Gasteiger partial charge is 0.0714 e. The zero-order chi connectivity index (χ0) is 36.3. The van der Waals surface area contributed by atoms with Gasteiger partial charge in [-0.1, -0.05) is 170 Å². The molecule has 1 aliphatic rings. The van der Waals surface area contributed by atoms with Gasteiger partial charge in [0.2, 0.25) is 0 Å². The largest absolute Gasteiger partial charge is 0.309 e. The number of benzene rings is 9. The zero-order valence-electron chi connectivity index (χ0n) is 30.1. The highest BCUT2D eigenvalue weighted by Crippen LogP contribution is 2.57. The van der Waals surface area contributed by atoms with Crippen LogP contribution in [0.5, 0.6) is 0 Å². The Bertz CT molecular complexity index is 2990. The summed E-state index contributed by atoms with van der Waals surface area (Å²) in [5, 5.41) is 5.12. The molecule has 0 amide bonds. The van der Waals surface area contributed by atoms with Gasteiger partial charge in [0.1, 0.15) is 0 Å². The molecule has 1 aromatic heterocycles. The normalized spacial score (nSPS) is 12.9. The summed E-state index contributed by atoms with van der Waals surface area (Å²) in [5.41, 5.74) is 13.1. The molecule has 0 N–H and O–H groups in total. The van der Waals surface area contributed by atoms with Crippen LogP contribution >= 0.6 is 11.3 Å². The minimum atomic E-state index is -0.489. The molecular weight excluding hydrogens is 683 g/mol. The van der Waals surface area contributed by atoms with Gasteiger partial charge in [0.25, 0.3) is 0 Å². The molecule has 0 atom stereocenters. The monoisotopic (exact) mass is 717 g/mol. The Balaban J connectivity index is 1.17. The van der Waals surface area contributed by atoms with Crippen molar-refractivity contribution in [1.29, 1.82) is 0 Å². The van der Waals surface area contributed by atoms with Gasteiger partial charge in [0, 0.05) is 26.8 Å². The first-order valence-corrected chi connectivity index (χ1v) is 19.7. The second kappa shape index (κ2) is 12.7. The summed E-state index contributed by atoms with van der Waals surface area (Å²) in [5.74, 6) is 0. The van der Waals surface area contributed by atoms with E-state index >= 15 is 0 Å². The Hall–Kier alpha value is -6.74. The number of rotatable bonds is 6. The van der Waals surface area contributed by atoms with Crippen molar-refractivity contribution in [3.63, 3.8) is 0 Å². The molecule has 0 saturated heterocycles. The lowest BCUT2D eigenvalue weighted by Gasteiger charge is -2.35. The van der Waals surface area contributed by atoms with Crippen LogP contribution in [0, 0.1) is 0 Å². The Morgan fingerprint density at radius 3 is 1.69 bits per heavy atom. The summed E-state index contributed by atoms with van der Waals surface area (Å²) in [6.45, 7) is 0. The van der Waals surface area contributed by atoms with Gasteiger partial charge >= 0.3 is 0 Å². The lowest BCUT2D eigenvalue weighted by molar-refractivity contribution is 0.768. The van der Waals surface area contributed by atoms with Gasteiger partial charge in [0.05, 0.1) is 15.8 Å². The first-order valence-electron chi connectivity index (χ1n) is 18.9. The van der Waals surface area contributed by atoms with Crippen LogP contribution < -0.4 is 4.90 Å². The number of hydrogen-bond acceptors (Lipinski definition) is 2. The predicted molar refractivity (Wildman–Crippen MR) is 234 cm³/mol. The molecule has 1 aliphatic carbocycles. The molecule has 0 saturated carbocycles. The van der Waals surface area contributed by atoms with Crippen molar-refractivity contribution in [2.45, 2.75) is 5.41 Å². The highest BCUT2D eigenvalue weighted by Gasteiger charge is 2.46. The summed E-state index contributed by atoms with van der Waals surface area (Å²) >= 11 is 1.89. The first-order chi connectivity index (χ1) is 27.3. The fourth-order valence-electron chi connectivity index (χ4n) is 9.10. The van der Waals surface area contributed by atoms with Crippen LogP contribution in [-0.2, 0) is 5.41 Å². The molecule has 0 radical (unpaired) electrons. The fraction of sp³-hybridized carbons (Fsp3) is 0.0189. The van der Waals surface area contributed by atoms with Crippen LogP contribution in [0.1, 0.15) is 22.3 Å². The number of anilines is 3. The SMILES string of the molecule is c1ccc(-c2ccc(N(c3cccc(C4(c5ccccc5)c5ccccc5-c5ccccc54)c3)c3cccc4c3sc3cc5ccccc5cc34)cc2)cc1.